The van der Waals surface area contributed by atoms with E-state index in [1.54, 1.807) is 6.07 Å². The number of likely N-dealkylation sites (tertiary alicyclic amines) is 3. The standard InChI is InChI=1S/C53H72N10O5/c1-6-35-11-13-36(14-12-35)31-54-50(66)45-29-40(64)33-63(45)51(67)48(53(3,4)5)56-52(68)61-27-25-59(26-28-61)32-37-19-22-60(23-20-37)38-15-17-39(18-16-38)62-24-21-43-47(34(62)2)42-30-44(57-58-49(42)55-43)41-9-7-8-10-46(41)65/h1,7-14,30,34,37-40,43,45,47-48,64-65H,15-29,31-33H2,2-5H3,(H,54,66)(H,55,58)(H,56,68)/t34-,38-,39+,40-,43?,45+,47?,48-/m1/s1. The quantitative estimate of drug-likeness (QED) is 0.177. The number of phenolic OH excluding ortho intramolecular Hbond substituents is 1. The third-order valence-electron chi connectivity index (χ3n) is 16.2. The van der Waals surface area contributed by atoms with Crippen molar-refractivity contribution in [3.63, 3.8) is 0 Å². The van der Waals surface area contributed by atoms with Crippen LogP contribution in [0, 0.1) is 23.7 Å². The van der Waals surface area contributed by atoms with E-state index < -0.39 is 23.6 Å². The van der Waals surface area contributed by atoms with Gasteiger partial charge in [-0.15, -0.1) is 16.6 Å². The highest BCUT2D eigenvalue weighted by Gasteiger charge is 2.47. The lowest BCUT2D eigenvalue weighted by atomic mass is 9.80. The van der Waals surface area contributed by atoms with Gasteiger partial charge in [0.25, 0.3) is 0 Å². The molecule has 364 valence electrons. The highest BCUT2D eigenvalue weighted by Crippen LogP contribution is 2.45. The maximum atomic E-state index is 14.2. The van der Waals surface area contributed by atoms with Crippen molar-refractivity contribution in [3.05, 3.63) is 71.3 Å². The number of amides is 4. The Bertz CT molecular complexity index is 2310. The molecule has 6 aliphatic rings. The number of carbonyl (C=O) groups is 3. The number of terminal acetylenes is 1. The number of phenols is 1. The molecule has 15 heteroatoms. The lowest BCUT2D eigenvalue weighted by molar-refractivity contribution is -0.142. The Morgan fingerprint density at radius 3 is 2.29 bits per heavy atom. The molecular formula is C53H72N10O5. The van der Waals surface area contributed by atoms with E-state index in [1.165, 1.54) is 49.0 Å². The van der Waals surface area contributed by atoms with Crippen LogP contribution in [0.1, 0.15) is 102 Å². The van der Waals surface area contributed by atoms with Gasteiger partial charge in [0.1, 0.15) is 17.8 Å². The first-order valence-corrected chi connectivity index (χ1v) is 25.3. The molecule has 4 saturated heterocycles. The topological polar surface area (TPSA) is 170 Å². The van der Waals surface area contributed by atoms with Crippen LogP contribution >= 0.6 is 0 Å². The maximum Gasteiger partial charge on any atom is 0.318 e. The van der Waals surface area contributed by atoms with Gasteiger partial charge in [0.05, 0.1) is 11.8 Å². The number of aromatic nitrogens is 2. The number of anilines is 1. The number of fused-ring (bicyclic) bond motifs is 3. The number of aliphatic hydroxyl groups excluding tert-OH is 1. The molecule has 9 rings (SSSR count). The van der Waals surface area contributed by atoms with Crippen LogP contribution in [0.2, 0.25) is 0 Å². The van der Waals surface area contributed by atoms with Crippen molar-refractivity contribution >= 4 is 23.7 Å². The number of urea groups is 1. The molecule has 1 saturated carbocycles. The molecule has 0 radical (unpaired) electrons. The highest BCUT2D eigenvalue weighted by molar-refractivity contribution is 5.93. The number of nitrogens with one attached hydrogen (secondary N) is 3. The normalized spacial score (nSPS) is 27.7. The van der Waals surface area contributed by atoms with E-state index in [9.17, 15) is 24.6 Å². The number of β-amino-alcohol motifs (C(OH)–C–C–N with tert-alkyl or cyclic N) is 1. The summed E-state index contributed by atoms with van der Waals surface area (Å²) in [6.07, 6.45) is 13.2. The second-order valence-corrected chi connectivity index (χ2v) is 21.5. The van der Waals surface area contributed by atoms with Crippen LogP contribution < -0.4 is 16.0 Å². The summed E-state index contributed by atoms with van der Waals surface area (Å²) in [5, 5.41) is 39.9. The molecule has 0 bridgehead atoms. The summed E-state index contributed by atoms with van der Waals surface area (Å²) in [7, 11) is 0. The van der Waals surface area contributed by atoms with Crippen LogP contribution in [0.4, 0.5) is 10.6 Å². The number of para-hydroxylation sites is 1. The van der Waals surface area contributed by atoms with Crippen molar-refractivity contribution in [2.45, 2.75) is 134 Å². The largest absolute Gasteiger partial charge is 0.507 e. The number of hydrogen-bond acceptors (Lipinski definition) is 11. The molecule has 68 heavy (non-hydrogen) atoms. The molecule has 15 nitrogen and oxygen atoms in total. The highest BCUT2D eigenvalue weighted by atomic mass is 16.3. The van der Waals surface area contributed by atoms with Crippen molar-refractivity contribution in [1.82, 2.24) is 45.3 Å². The molecule has 5 aliphatic heterocycles. The van der Waals surface area contributed by atoms with Crippen molar-refractivity contribution in [3.8, 4) is 29.4 Å². The Morgan fingerprint density at radius 1 is 0.897 bits per heavy atom. The molecule has 0 spiro atoms. The van der Waals surface area contributed by atoms with Gasteiger partial charge in [0.2, 0.25) is 11.8 Å². The Hall–Kier alpha value is -5.27. The number of nitrogens with zero attached hydrogens (tertiary/aromatic N) is 7. The fourth-order valence-electron chi connectivity index (χ4n) is 12.3. The summed E-state index contributed by atoms with van der Waals surface area (Å²) < 4.78 is 0. The van der Waals surface area contributed by atoms with E-state index in [1.807, 2.05) is 68.1 Å². The minimum atomic E-state index is -0.878. The van der Waals surface area contributed by atoms with Crippen LogP contribution in [-0.2, 0) is 16.1 Å². The second-order valence-electron chi connectivity index (χ2n) is 21.5. The van der Waals surface area contributed by atoms with Crippen LogP contribution in [0.25, 0.3) is 11.3 Å². The van der Waals surface area contributed by atoms with E-state index in [4.69, 9.17) is 6.42 Å². The van der Waals surface area contributed by atoms with Crippen LogP contribution in [0.15, 0.2) is 54.6 Å². The number of hydrogen-bond donors (Lipinski definition) is 5. The average molecular weight is 929 g/mol. The van der Waals surface area contributed by atoms with Gasteiger partial charge in [-0.3, -0.25) is 19.4 Å². The summed E-state index contributed by atoms with van der Waals surface area (Å²) in [5.41, 5.74) is 3.66. The predicted octanol–water partition coefficient (Wildman–Crippen LogP) is 4.85. The van der Waals surface area contributed by atoms with Gasteiger partial charge >= 0.3 is 6.03 Å². The van der Waals surface area contributed by atoms with Gasteiger partial charge in [-0.05, 0) is 112 Å². The Kier molecular flexibility index (Phi) is 14.3. The first-order chi connectivity index (χ1) is 32.7. The number of aromatic hydroxyl groups is 1. The molecule has 6 atom stereocenters. The summed E-state index contributed by atoms with van der Waals surface area (Å²) >= 11 is 0. The van der Waals surface area contributed by atoms with Crippen molar-refractivity contribution in [2.75, 3.05) is 64.2 Å². The van der Waals surface area contributed by atoms with E-state index in [0.717, 1.165) is 73.9 Å². The number of piperazine rings is 1. The number of benzene rings is 2. The minimum absolute atomic E-state index is 0.0324. The molecule has 2 aromatic carbocycles. The zero-order valence-corrected chi connectivity index (χ0v) is 40.4. The third kappa shape index (κ3) is 10.3. The van der Waals surface area contributed by atoms with Crippen molar-refractivity contribution in [1.29, 1.82) is 0 Å². The molecule has 2 unspecified atom stereocenters. The summed E-state index contributed by atoms with van der Waals surface area (Å²) in [6.45, 7) is 15.6. The number of carbonyl (C=O) groups excluding carboxylic acids is 3. The molecule has 6 heterocycles. The Morgan fingerprint density at radius 2 is 1.60 bits per heavy atom. The monoisotopic (exact) mass is 929 g/mol. The van der Waals surface area contributed by atoms with Crippen molar-refractivity contribution in [2.24, 2.45) is 11.3 Å². The summed E-state index contributed by atoms with van der Waals surface area (Å²) in [6, 6.07) is 16.9. The molecule has 3 aromatic rings. The van der Waals surface area contributed by atoms with Gasteiger partial charge in [-0.2, -0.15) is 0 Å². The summed E-state index contributed by atoms with van der Waals surface area (Å²) in [4.78, 5) is 52.7. The molecule has 1 aliphatic carbocycles. The average Bonchev–Trinajstić information content (AvgIpc) is 3.93. The molecular weight excluding hydrogens is 857 g/mol. The van der Waals surface area contributed by atoms with Crippen LogP contribution in [0.3, 0.4) is 0 Å². The van der Waals surface area contributed by atoms with Crippen molar-refractivity contribution < 1.29 is 24.6 Å². The van der Waals surface area contributed by atoms with E-state index in [2.05, 4.69) is 59.8 Å². The SMILES string of the molecule is C#Cc1ccc(CNC(=O)[C@@H]2C[C@@H](O)CN2C(=O)[C@@H](NC(=O)N2CCN(CC3CCN([C@H]4CC[C@@H](N5CCC6Nc7nnc(-c8ccccc8O)cc7C6[C@H]5C)CC4)CC3)CC2)C(C)(C)C)cc1. The lowest BCUT2D eigenvalue weighted by Gasteiger charge is -2.48. The zero-order chi connectivity index (χ0) is 47.7. The fraction of sp³-hybridized carbons (Fsp3) is 0.604. The zero-order valence-electron chi connectivity index (χ0n) is 40.4. The minimum Gasteiger partial charge on any atom is -0.507 e. The van der Waals surface area contributed by atoms with Crippen LogP contribution in [0.5, 0.6) is 5.75 Å². The molecule has 5 fully saturated rings. The van der Waals surface area contributed by atoms with E-state index >= 15 is 0 Å². The Labute approximate surface area is 402 Å². The summed E-state index contributed by atoms with van der Waals surface area (Å²) in [5.74, 6) is 3.99. The number of aliphatic hydroxyl groups is 1. The lowest BCUT2D eigenvalue weighted by Crippen LogP contribution is -2.61. The van der Waals surface area contributed by atoms with Gasteiger partial charge in [0.15, 0.2) is 5.82 Å². The Balaban J connectivity index is 0.705. The van der Waals surface area contributed by atoms with Gasteiger partial charge in [-0.25, -0.2) is 4.79 Å². The molecule has 4 amide bonds. The van der Waals surface area contributed by atoms with Gasteiger partial charge in [0, 0.05) is 106 Å². The predicted molar refractivity (Wildman–Crippen MR) is 263 cm³/mol. The van der Waals surface area contributed by atoms with Gasteiger partial charge in [-0.1, -0.05) is 51.0 Å². The first-order valence-electron chi connectivity index (χ1n) is 25.3. The van der Waals surface area contributed by atoms with Gasteiger partial charge < -0.3 is 40.9 Å². The number of rotatable bonds is 10. The van der Waals surface area contributed by atoms with E-state index in [-0.39, 0.29) is 43.1 Å². The van der Waals surface area contributed by atoms with Crippen LogP contribution in [-0.4, -0.2) is 164 Å². The molecule has 1 aromatic heterocycles. The number of piperidine rings is 2. The maximum absolute atomic E-state index is 14.2. The smallest absolute Gasteiger partial charge is 0.318 e. The van der Waals surface area contributed by atoms with E-state index in [0.29, 0.717) is 49.1 Å². The second kappa shape index (κ2) is 20.4. The molecule has 5 N–H and O–H groups in total. The fourth-order valence-corrected chi connectivity index (χ4v) is 12.3. The first kappa shape index (κ1) is 47.8. The third-order valence-corrected chi connectivity index (χ3v) is 16.2.